The number of rotatable bonds is 4. The molecule has 0 aliphatic carbocycles. The minimum atomic E-state index is -0.273. The zero-order chi connectivity index (χ0) is 16.2. The third kappa shape index (κ3) is 3.40. The second-order valence-corrected chi connectivity index (χ2v) is 5.42. The zero-order valence-corrected chi connectivity index (χ0v) is 12.9. The number of fused-ring (bicyclic) bond motifs is 1. The summed E-state index contributed by atoms with van der Waals surface area (Å²) in [4.78, 5) is 24.0. The number of carbonyl (C=O) groups is 2. The normalized spacial score (nSPS) is 13.3. The third-order valence-electron chi connectivity index (χ3n) is 3.77. The number of nitrogens with zero attached hydrogens (tertiary/aromatic N) is 2. The molecule has 0 fully saturated rings. The van der Waals surface area contributed by atoms with Crippen LogP contribution >= 0.6 is 0 Å². The molecule has 7 heteroatoms. The lowest BCUT2D eigenvalue weighted by Gasteiger charge is -2.13. The Morgan fingerprint density at radius 3 is 2.87 bits per heavy atom. The summed E-state index contributed by atoms with van der Waals surface area (Å²) in [6.07, 6.45) is 0.851. The Kier molecular flexibility index (Phi) is 4.38. The van der Waals surface area contributed by atoms with E-state index in [4.69, 9.17) is 0 Å². The monoisotopic (exact) mass is 313 g/mol. The molecule has 2 amide bonds. The fraction of sp³-hybridized carbons (Fsp3) is 0.312. The molecular weight excluding hydrogens is 294 g/mol. The fourth-order valence-electron chi connectivity index (χ4n) is 2.61. The molecule has 0 saturated heterocycles. The summed E-state index contributed by atoms with van der Waals surface area (Å²) in [5.41, 5.74) is 2.55. The molecule has 0 atom stereocenters. The van der Waals surface area contributed by atoms with Crippen molar-refractivity contribution in [1.29, 1.82) is 0 Å². The largest absolute Gasteiger partial charge is 0.343 e. The van der Waals surface area contributed by atoms with Gasteiger partial charge in [0.15, 0.2) is 0 Å². The molecule has 0 saturated carbocycles. The molecule has 2 aromatic rings. The number of carbonyl (C=O) groups excluding carboxylic acids is 2. The van der Waals surface area contributed by atoms with Crippen LogP contribution in [0.1, 0.15) is 21.6 Å². The first-order valence-corrected chi connectivity index (χ1v) is 7.53. The highest BCUT2D eigenvalue weighted by molar-refractivity contribution is 5.99. The van der Waals surface area contributed by atoms with Crippen LogP contribution in [-0.2, 0) is 24.8 Å². The van der Waals surface area contributed by atoms with Gasteiger partial charge in [-0.15, -0.1) is 0 Å². The molecule has 23 heavy (non-hydrogen) atoms. The maximum Gasteiger partial charge on any atom is 0.251 e. The first kappa shape index (κ1) is 15.2. The number of aryl methyl sites for hydroxylation is 1. The Morgan fingerprint density at radius 1 is 1.30 bits per heavy atom. The third-order valence-corrected chi connectivity index (χ3v) is 3.77. The number of anilines is 1. The van der Waals surface area contributed by atoms with Crippen LogP contribution in [0.25, 0.3) is 0 Å². The van der Waals surface area contributed by atoms with Gasteiger partial charge in [0.05, 0.1) is 12.2 Å². The first-order valence-electron chi connectivity index (χ1n) is 7.53. The van der Waals surface area contributed by atoms with Crippen LogP contribution in [0.4, 0.5) is 5.82 Å². The molecule has 7 nitrogen and oxygen atoms in total. The summed E-state index contributed by atoms with van der Waals surface area (Å²) in [7, 11) is 1.80. The van der Waals surface area contributed by atoms with Crippen molar-refractivity contribution in [2.45, 2.75) is 13.0 Å². The van der Waals surface area contributed by atoms with Crippen LogP contribution in [0, 0.1) is 0 Å². The number of amides is 2. The molecule has 1 aliphatic heterocycles. The van der Waals surface area contributed by atoms with E-state index >= 15 is 0 Å². The lowest BCUT2D eigenvalue weighted by molar-refractivity contribution is -0.115. The molecule has 2 heterocycles. The van der Waals surface area contributed by atoms with Crippen molar-refractivity contribution >= 4 is 17.6 Å². The van der Waals surface area contributed by atoms with E-state index in [1.54, 1.807) is 36.0 Å². The lowest BCUT2D eigenvalue weighted by Crippen LogP contribution is -2.33. The fourth-order valence-corrected chi connectivity index (χ4v) is 2.61. The Morgan fingerprint density at radius 2 is 2.09 bits per heavy atom. The van der Waals surface area contributed by atoms with E-state index in [0.29, 0.717) is 17.9 Å². The maximum atomic E-state index is 12.1. The van der Waals surface area contributed by atoms with Gasteiger partial charge in [0.25, 0.3) is 5.91 Å². The highest BCUT2D eigenvalue weighted by Gasteiger charge is 2.20. The van der Waals surface area contributed by atoms with Crippen LogP contribution in [0.2, 0.25) is 0 Å². The van der Waals surface area contributed by atoms with Gasteiger partial charge in [-0.1, -0.05) is 18.2 Å². The second-order valence-electron chi connectivity index (χ2n) is 5.42. The van der Waals surface area contributed by atoms with E-state index in [1.807, 2.05) is 6.07 Å². The molecule has 1 aliphatic rings. The van der Waals surface area contributed by atoms with E-state index in [9.17, 15) is 9.59 Å². The Bertz CT molecular complexity index is 724. The van der Waals surface area contributed by atoms with Crippen molar-refractivity contribution in [3.8, 4) is 0 Å². The number of hydrogen-bond donors (Lipinski definition) is 3. The molecule has 120 valence electrons. The molecule has 1 aromatic carbocycles. The topological polar surface area (TPSA) is 88.1 Å². The highest BCUT2D eigenvalue weighted by Crippen LogP contribution is 2.21. The summed E-state index contributed by atoms with van der Waals surface area (Å²) in [6.45, 7) is 1.50. The first-order chi connectivity index (χ1) is 11.1. The van der Waals surface area contributed by atoms with Gasteiger partial charge in [0.2, 0.25) is 5.91 Å². The molecular formula is C16H19N5O2. The van der Waals surface area contributed by atoms with Crippen LogP contribution < -0.4 is 16.0 Å². The van der Waals surface area contributed by atoms with Crippen LogP contribution in [0.5, 0.6) is 0 Å². The van der Waals surface area contributed by atoms with Crippen LogP contribution in [-0.4, -0.2) is 34.7 Å². The average Bonchev–Trinajstić information content (AvgIpc) is 2.89. The molecule has 0 spiro atoms. The Labute approximate surface area is 134 Å². The van der Waals surface area contributed by atoms with E-state index < -0.39 is 0 Å². The smallest absolute Gasteiger partial charge is 0.251 e. The number of aromatic nitrogens is 2. The van der Waals surface area contributed by atoms with Gasteiger partial charge in [0.1, 0.15) is 5.82 Å². The maximum absolute atomic E-state index is 12.1. The van der Waals surface area contributed by atoms with E-state index in [2.05, 4.69) is 21.0 Å². The average molecular weight is 313 g/mol. The van der Waals surface area contributed by atoms with Crippen molar-refractivity contribution in [3.63, 3.8) is 0 Å². The summed E-state index contributed by atoms with van der Waals surface area (Å²) < 4.78 is 1.68. The second kappa shape index (κ2) is 6.62. The molecule has 3 N–H and O–H groups in total. The van der Waals surface area contributed by atoms with Gasteiger partial charge < -0.3 is 16.0 Å². The van der Waals surface area contributed by atoms with Crippen molar-refractivity contribution in [2.24, 2.45) is 7.05 Å². The lowest BCUT2D eigenvalue weighted by atomic mass is 10.1. The predicted octanol–water partition coefficient (Wildman–Crippen LogP) is 0.434. The number of nitrogens with one attached hydrogen (secondary N) is 3. The standard InChI is InChI=1S/C16H19N5O2/c1-21-15(12-9-17-8-7-13(12)20-21)19-14(22)10-18-16(23)11-5-3-2-4-6-11/h2-6,17H,7-10H2,1H3,(H,18,23)(H,19,22). The van der Waals surface area contributed by atoms with E-state index in [1.165, 1.54) is 0 Å². The molecule has 3 rings (SSSR count). The minimum absolute atomic E-state index is 0.0822. The minimum Gasteiger partial charge on any atom is -0.343 e. The highest BCUT2D eigenvalue weighted by atomic mass is 16.2. The van der Waals surface area contributed by atoms with Crippen molar-refractivity contribution in [1.82, 2.24) is 20.4 Å². The van der Waals surface area contributed by atoms with Gasteiger partial charge in [-0.05, 0) is 12.1 Å². The molecule has 1 aromatic heterocycles. The Balaban J connectivity index is 1.60. The summed E-state index contributed by atoms with van der Waals surface area (Å²) in [5, 5.41) is 13.1. The quantitative estimate of drug-likeness (QED) is 0.764. The van der Waals surface area contributed by atoms with Crippen molar-refractivity contribution in [2.75, 3.05) is 18.4 Å². The molecule has 0 unspecified atom stereocenters. The van der Waals surface area contributed by atoms with Crippen molar-refractivity contribution < 1.29 is 9.59 Å². The van der Waals surface area contributed by atoms with Gasteiger partial charge in [-0.25, -0.2) is 0 Å². The number of hydrogen-bond acceptors (Lipinski definition) is 4. The number of benzene rings is 1. The van der Waals surface area contributed by atoms with Gasteiger partial charge in [0, 0.05) is 37.7 Å². The van der Waals surface area contributed by atoms with Crippen LogP contribution in [0.15, 0.2) is 30.3 Å². The van der Waals surface area contributed by atoms with E-state index in [-0.39, 0.29) is 18.4 Å². The SMILES string of the molecule is Cn1nc2c(c1NC(=O)CNC(=O)c1ccccc1)CNCC2. The molecule has 0 bridgehead atoms. The summed E-state index contributed by atoms with van der Waals surface area (Å²) >= 11 is 0. The molecule has 0 radical (unpaired) electrons. The van der Waals surface area contributed by atoms with E-state index in [0.717, 1.165) is 24.2 Å². The predicted molar refractivity (Wildman–Crippen MR) is 86.0 cm³/mol. The zero-order valence-electron chi connectivity index (χ0n) is 12.9. The Hall–Kier alpha value is -2.67. The van der Waals surface area contributed by atoms with Crippen molar-refractivity contribution in [3.05, 3.63) is 47.2 Å². The van der Waals surface area contributed by atoms with Gasteiger partial charge in [-0.2, -0.15) is 5.10 Å². The van der Waals surface area contributed by atoms with Crippen LogP contribution in [0.3, 0.4) is 0 Å². The van der Waals surface area contributed by atoms with Gasteiger partial charge in [-0.3, -0.25) is 14.3 Å². The summed E-state index contributed by atoms with van der Waals surface area (Å²) in [6, 6.07) is 8.81. The van der Waals surface area contributed by atoms with Gasteiger partial charge >= 0.3 is 0 Å². The summed E-state index contributed by atoms with van der Waals surface area (Å²) in [5.74, 6) is 0.145.